The van der Waals surface area contributed by atoms with Gasteiger partial charge in [-0.05, 0) is 49.7 Å². The molecule has 0 saturated carbocycles. The van der Waals surface area contributed by atoms with Crippen LogP contribution in [0.5, 0.6) is 0 Å². The summed E-state index contributed by atoms with van der Waals surface area (Å²) >= 11 is 0. The van der Waals surface area contributed by atoms with Crippen molar-refractivity contribution in [2.45, 2.75) is 38.2 Å². The molecule has 0 aromatic rings. The first-order valence-electron chi connectivity index (χ1n) is 5.81. The molecular weight excluding hydrogens is 200 g/mol. The van der Waals surface area contributed by atoms with Crippen LogP contribution in [0.1, 0.15) is 32.1 Å². The quantitative estimate of drug-likeness (QED) is 0.579. The summed E-state index contributed by atoms with van der Waals surface area (Å²) in [5.74, 6) is 11.2. The molecule has 1 aliphatic rings. The fraction of sp³-hybridized carbons (Fsp3) is 0.571. The number of aliphatic hydroxyl groups is 1. The van der Waals surface area contributed by atoms with Crippen molar-refractivity contribution in [1.29, 1.82) is 0 Å². The van der Waals surface area contributed by atoms with Crippen LogP contribution >= 0.6 is 0 Å². The van der Waals surface area contributed by atoms with Crippen LogP contribution in [0.2, 0.25) is 0 Å². The van der Waals surface area contributed by atoms with Gasteiger partial charge in [0.05, 0.1) is 6.10 Å². The molecule has 0 bridgehead atoms. The lowest BCUT2D eigenvalue weighted by Gasteiger charge is -2.18. The molecule has 0 unspecified atom stereocenters. The smallest absolute Gasteiger partial charge is 0.0764 e. The largest absolute Gasteiger partial charge is 0.396 e. The van der Waals surface area contributed by atoms with Gasteiger partial charge in [0.1, 0.15) is 0 Å². The summed E-state index contributed by atoms with van der Waals surface area (Å²) in [6, 6.07) is 0. The van der Waals surface area contributed by atoms with Gasteiger partial charge in [-0.3, -0.25) is 0 Å². The second kappa shape index (κ2) is 9.04. The number of allylic oxidation sites excluding steroid dienone is 1. The first-order chi connectivity index (χ1) is 7.93. The van der Waals surface area contributed by atoms with Crippen LogP contribution in [-0.4, -0.2) is 24.4 Å². The average molecular weight is 218 g/mol. The monoisotopic (exact) mass is 218 g/mol. The zero-order valence-corrected chi connectivity index (χ0v) is 9.54. The summed E-state index contributed by atoms with van der Waals surface area (Å²) in [6.45, 7) is 1.06. The highest BCUT2D eigenvalue weighted by molar-refractivity contribution is 5.30. The molecular formula is C14H18O2. The molecule has 16 heavy (non-hydrogen) atoms. The molecule has 0 radical (unpaired) electrons. The predicted molar refractivity (Wildman–Crippen MR) is 64.6 cm³/mol. The van der Waals surface area contributed by atoms with Gasteiger partial charge in [0, 0.05) is 19.6 Å². The van der Waals surface area contributed by atoms with E-state index in [1.807, 2.05) is 12.2 Å². The second-order valence-electron chi connectivity index (χ2n) is 3.66. The third-order valence-electron chi connectivity index (χ3n) is 2.29. The van der Waals surface area contributed by atoms with Crippen LogP contribution in [-0.2, 0) is 4.74 Å². The van der Waals surface area contributed by atoms with Crippen LogP contribution in [0.3, 0.4) is 0 Å². The molecule has 1 rings (SSSR count). The van der Waals surface area contributed by atoms with E-state index in [-0.39, 0.29) is 12.7 Å². The predicted octanol–water partition coefficient (Wildman–Crippen LogP) is 1.89. The lowest BCUT2D eigenvalue weighted by Crippen LogP contribution is -2.15. The van der Waals surface area contributed by atoms with E-state index in [0.717, 1.165) is 19.4 Å². The van der Waals surface area contributed by atoms with Crippen LogP contribution in [0.15, 0.2) is 12.2 Å². The Kier molecular flexibility index (Phi) is 7.26. The molecule has 86 valence electrons. The fourth-order valence-electron chi connectivity index (χ4n) is 1.42. The molecule has 1 atom stereocenters. The summed E-state index contributed by atoms with van der Waals surface area (Å²) in [4.78, 5) is 0. The number of hydrogen-bond donors (Lipinski definition) is 1. The molecule has 2 heteroatoms. The summed E-state index contributed by atoms with van der Waals surface area (Å²) in [7, 11) is 0. The van der Waals surface area contributed by atoms with Crippen molar-refractivity contribution >= 4 is 0 Å². The first-order valence-corrected chi connectivity index (χ1v) is 5.81. The number of rotatable bonds is 3. The minimum absolute atomic E-state index is 0.195. The van der Waals surface area contributed by atoms with Gasteiger partial charge >= 0.3 is 0 Å². The molecule has 1 N–H and O–H groups in total. The van der Waals surface area contributed by atoms with Gasteiger partial charge < -0.3 is 9.84 Å². The maximum Gasteiger partial charge on any atom is 0.0764 e. The maximum absolute atomic E-state index is 8.52. The Bertz CT molecular complexity index is 316. The number of aliphatic hydroxyl groups excluding tert-OH is 1. The zero-order chi connectivity index (χ0) is 11.5. The minimum Gasteiger partial charge on any atom is -0.396 e. The Morgan fingerprint density at radius 2 is 2.25 bits per heavy atom. The van der Waals surface area contributed by atoms with Crippen molar-refractivity contribution in [2.24, 2.45) is 0 Å². The Hall–Kier alpha value is -1.22. The van der Waals surface area contributed by atoms with Crippen molar-refractivity contribution in [1.82, 2.24) is 0 Å². The third kappa shape index (κ3) is 6.30. The molecule has 1 aliphatic heterocycles. The zero-order valence-electron chi connectivity index (χ0n) is 9.54. The molecule has 0 amide bonds. The Morgan fingerprint density at radius 3 is 3.00 bits per heavy atom. The molecule has 2 nitrogen and oxygen atoms in total. The van der Waals surface area contributed by atoms with E-state index in [9.17, 15) is 0 Å². The average Bonchev–Trinajstić information content (AvgIpc) is 2.34. The Balaban J connectivity index is 2.18. The summed E-state index contributed by atoms with van der Waals surface area (Å²) < 4.78 is 5.52. The normalized spacial score (nSPS) is 19.7. The van der Waals surface area contributed by atoms with Gasteiger partial charge in [-0.1, -0.05) is 11.8 Å². The molecule has 1 fully saturated rings. The van der Waals surface area contributed by atoms with E-state index in [4.69, 9.17) is 9.84 Å². The van der Waals surface area contributed by atoms with E-state index < -0.39 is 0 Å². The van der Waals surface area contributed by atoms with E-state index >= 15 is 0 Å². The van der Waals surface area contributed by atoms with Crippen LogP contribution < -0.4 is 0 Å². The topological polar surface area (TPSA) is 29.5 Å². The van der Waals surface area contributed by atoms with Crippen molar-refractivity contribution in [3.63, 3.8) is 0 Å². The molecule has 0 spiro atoms. The summed E-state index contributed by atoms with van der Waals surface area (Å²) in [5, 5.41) is 8.52. The van der Waals surface area contributed by atoms with Gasteiger partial charge in [0.25, 0.3) is 0 Å². The second-order valence-corrected chi connectivity index (χ2v) is 3.66. The summed E-state index contributed by atoms with van der Waals surface area (Å²) in [5.41, 5.74) is 0. The maximum atomic E-state index is 8.52. The molecule has 1 saturated heterocycles. The molecule has 0 aromatic carbocycles. The highest BCUT2D eigenvalue weighted by Crippen LogP contribution is 2.12. The molecule has 0 aliphatic carbocycles. The van der Waals surface area contributed by atoms with Crippen molar-refractivity contribution in [3.05, 3.63) is 12.2 Å². The summed E-state index contributed by atoms with van der Waals surface area (Å²) in [6.07, 6.45) is 9.00. The SMILES string of the molecule is OCCCC#CC#CC=C[C@@H]1CCCCO1. The number of ether oxygens (including phenoxy) is 1. The first kappa shape index (κ1) is 12.8. The van der Waals surface area contributed by atoms with Crippen LogP contribution in [0.25, 0.3) is 0 Å². The van der Waals surface area contributed by atoms with Gasteiger partial charge in [-0.25, -0.2) is 0 Å². The van der Waals surface area contributed by atoms with E-state index in [2.05, 4.69) is 23.7 Å². The third-order valence-corrected chi connectivity index (χ3v) is 2.29. The van der Waals surface area contributed by atoms with E-state index in [1.54, 1.807) is 0 Å². The van der Waals surface area contributed by atoms with Gasteiger partial charge in [0.2, 0.25) is 0 Å². The van der Waals surface area contributed by atoms with Crippen molar-refractivity contribution in [3.8, 4) is 23.7 Å². The van der Waals surface area contributed by atoms with Crippen molar-refractivity contribution < 1.29 is 9.84 Å². The minimum atomic E-state index is 0.195. The lowest BCUT2D eigenvalue weighted by molar-refractivity contribution is 0.0466. The number of hydrogen-bond acceptors (Lipinski definition) is 2. The fourth-order valence-corrected chi connectivity index (χ4v) is 1.42. The van der Waals surface area contributed by atoms with Gasteiger partial charge in [-0.2, -0.15) is 0 Å². The van der Waals surface area contributed by atoms with Crippen LogP contribution in [0, 0.1) is 23.7 Å². The lowest BCUT2D eigenvalue weighted by atomic mass is 10.1. The van der Waals surface area contributed by atoms with E-state index in [1.165, 1.54) is 12.8 Å². The highest BCUT2D eigenvalue weighted by atomic mass is 16.5. The van der Waals surface area contributed by atoms with Gasteiger partial charge in [0.15, 0.2) is 0 Å². The molecule has 0 aromatic heterocycles. The van der Waals surface area contributed by atoms with Crippen LogP contribution in [0.4, 0.5) is 0 Å². The number of unbranched alkanes of at least 4 members (excludes halogenated alkanes) is 1. The van der Waals surface area contributed by atoms with Gasteiger partial charge in [-0.15, -0.1) is 0 Å². The Morgan fingerprint density at radius 1 is 1.31 bits per heavy atom. The Labute approximate surface area is 97.7 Å². The molecule has 1 heterocycles. The van der Waals surface area contributed by atoms with Crippen molar-refractivity contribution in [2.75, 3.05) is 13.2 Å². The standard InChI is InChI=1S/C14H18O2/c15-12-8-5-3-1-2-4-6-10-14-11-7-9-13-16-14/h6,10,14-15H,5,7-9,11-13H2/t14-/m1/s1. The highest BCUT2D eigenvalue weighted by Gasteiger charge is 2.08. The van der Waals surface area contributed by atoms with E-state index in [0.29, 0.717) is 6.42 Å².